The van der Waals surface area contributed by atoms with Gasteiger partial charge in [0.25, 0.3) is 0 Å². The zero-order chi connectivity index (χ0) is 17.8. The highest BCUT2D eigenvalue weighted by molar-refractivity contribution is 7.89. The predicted octanol–water partition coefficient (Wildman–Crippen LogP) is 3.97. The van der Waals surface area contributed by atoms with Gasteiger partial charge in [-0.2, -0.15) is 4.31 Å². The van der Waals surface area contributed by atoms with E-state index in [9.17, 15) is 8.42 Å². The minimum Gasteiger partial charge on any atom is -0.342 e. The van der Waals surface area contributed by atoms with E-state index in [1.54, 1.807) is 6.92 Å². The molecule has 2 heterocycles. The van der Waals surface area contributed by atoms with Crippen LogP contribution in [0.1, 0.15) is 17.3 Å². The van der Waals surface area contributed by atoms with Gasteiger partial charge in [-0.05, 0) is 36.8 Å². The van der Waals surface area contributed by atoms with Gasteiger partial charge in [-0.1, -0.05) is 35.3 Å². The molecule has 0 bridgehead atoms. The van der Waals surface area contributed by atoms with Crippen LogP contribution in [0.25, 0.3) is 11.0 Å². The van der Waals surface area contributed by atoms with Crippen molar-refractivity contribution in [2.75, 3.05) is 13.1 Å². The van der Waals surface area contributed by atoms with Crippen molar-refractivity contribution >= 4 is 44.3 Å². The fourth-order valence-corrected chi connectivity index (χ4v) is 5.28. The molecule has 1 aromatic heterocycles. The van der Waals surface area contributed by atoms with Gasteiger partial charge in [0.15, 0.2) is 0 Å². The Morgan fingerprint density at radius 2 is 1.88 bits per heavy atom. The summed E-state index contributed by atoms with van der Waals surface area (Å²) in [5.41, 5.74) is 2.52. The molecular weight excluding hydrogens is 381 g/mol. The molecule has 1 fully saturated rings. The molecule has 0 amide bonds. The number of aromatic amines is 1. The molecule has 8 heteroatoms. The highest BCUT2D eigenvalue weighted by atomic mass is 35.5. The molecule has 0 atom stereocenters. The van der Waals surface area contributed by atoms with E-state index >= 15 is 0 Å². The Labute approximate surface area is 155 Å². The lowest BCUT2D eigenvalue weighted by atomic mass is 10.0. The van der Waals surface area contributed by atoms with Gasteiger partial charge in [0.1, 0.15) is 10.7 Å². The van der Waals surface area contributed by atoms with Crippen molar-refractivity contribution in [1.29, 1.82) is 0 Å². The number of fused-ring (bicyclic) bond motifs is 1. The number of hydrogen-bond acceptors (Lipinski definition) is 3. The van der Waals surface area contributed by atoms with Crippen LogP contribution in [0.15, 0.2) is 41.3 Å². The summed E-state index contributed by atoms with van der Waals surface area (Å²) >= 11 is 12.1. The standard InChI is InChI=1S/C17H15Cl2N3O2S/c1-10-6-16(13(19)7-12(10)18)25(23,24)22-8-11(9-22)17-20-14-4-2-3-5-15(14)21-17/h2-7,11H,8-9H2,1H3,(H,20,21). The fraction of sp³-hybridized carbons (Fsp3) is 0.235. The number of para-hydroxylation sites is 2. The molecule has 1 aliphatic rings. The highest BCUT2D eigenvalue weighted by Crippen LogP contribution is 2.35. The number of H-pyrrole nitrogens is 1. The summed E-state index contributed by atoms with van der Waals surface area (Å²) in [5.74, 6) is 0.861. The van der Waals surface area contributed by atoms with Crippen LogP contribution in [0.5, 0.6) is 0 Å². The Hall–Kier alpha value is -1.60. The van der Waals surface area contributed by atoms with Crippen LogP contribution >= 0.6 is 23.2 Å². The molecule has 0 spiro atoms. The van der Waals surface area contributed by atoms with E-state index in [4.69, 9.17) is 23.2 Å². The number of nitrogens with one attached hydrogen (secondary N) is 1. The zero-order valence-corrected chi connectivity index (χ0v) is 15.7. The molecule has 0 aliphatic carbocycles. The third kappa shape index (κ3) is 2.83. The quantitative estimate of drug-likeness (QED) is 0.729. The highest BCUT2D eigenvalue weighted by Gasteiger charge is 2.40. The largest absolute Gasteiger partial charge is 0.342 e. The Bertz CT molecular complexity index is 1040. The molecule has 5 nitrogen and oxygen atoms in total. The first-order chi connectivity index (χ1) is 11.9. The first-order valence-electron chi connectivity index (χ1n) is 7.76. The van der Waals surface area contributed by atoms with Gasteiger partial charge in [0.2, 0.25) is 10.0 Å². The van der Waals surface area contributed by atoms with Crippen molar-refractivity contribution in [2.45, 2.75) is 17.7 Å². The van der Waals surface area contributed by atoms with Crippen molar-refractivity contribution in [1.82, 2.24) is 14.3 Å². The molecule has 0 saturated carbocycles. The van der Waals surface area contributed by atoms with E-state index < -0.39 is 10.0 Å². The molecule has 0 unspecified atom stereocenters. The molecule has 1 N–H and O–H groups in total. The first kappa shape index (κ1) is 16.8. The number of sulfonamides is 1. The van der Waals surface area contributed by atoms with Gasteiger partial charge in [0, 0.05) is 24.0 Å². The molecule has 1 saturated heterocycles. The molecule has 4 rings (SSSR count). The number of benzene rings is 2. The van der Waals surface area contributed by atoms with Gasteiger partial charge in [-0.3, -0.25) is 0 Å². The fourth-order valence-electron chi connectivity index (χ4n) is 2.94. The average molecular weight is 396 g/mol. The van der Waals surface area contributed by atoms with Crippen LogP contribution in [0.2, 0.25) is 10.0 Å². The number of nitrogens with zero attached hydrogens (tertiary/aromatic N) is 2. The second-order valence-corrected chi connectivity index (χ2v) is 8.91. The minimum atomic E-state index is -3.64. The Balaban J connectivity index is 1.57. The topological polar surface area (TPSA) is 66.1 Å². The lowest BCUT2D eigenvalue weighted by molar-refractivity contribution is 0.257. The Morgan fingerprint density at radius 1 is 1.16 bits per heavy atom. The smallest absolute Gasteiger partial charge is 0.244 e. The van der Waals surface area contributed by atoms with E-state index in [0.717, 1.165) is 16.9 Å². The van der Waals surface area contributed by atoms with Crippen LogP contribution < -0.4 is 0 Å². The third-order valence-electron chi connectivity index (χ3n) is 4.47. The number of aromatic nitrogens is 2. The van der Waals surface area contributed by atoms with E-state index in [1.807, 2.05) is 24.3 Å². The number of hydrogen-bond donors (Lipinski definition) is 1. The van der Waals surface area contributed by atoms with Gasteiger partial charge < -0.3 is 4.98 Å². The minimum absolute atomic E-state index is 0.0503. The molecule has 25 heavy (non-hydrogen) atoms. The Morgan fingerprint density at radius 3 is 2.60 bits per heavy atom. The maximum absolute atomic E-state index is 12.8. The number of aryl methyl sites for hydroxylation is 1. The van der Waals surface area contributed by atoms with Gasteiger partial charge in [0.05, 0.1) is 16.1 Å². The van der Waals surface area contributed by atoms with E-state index in [1.165, 1.54) is 16.4 Å². The van der Waals surface area contributed by atoms with Gasteiger partial charge in [-0.25, -0.2) is 13.4 Å². The van der Waals surface area contributed by atoms with Crippen molar-refractivity contribution < 1.29 is 8.42 Å². The zero-order valence-electron chi connectivity index (χ0n) is 13.3. The molecular formula is C17H15Cl2N3O2S. The second kappa shape index (κ2) is 5.99. The van der Waals surface area contributed by atoms with Gasteiger partial charge >= 0.3 is 0 Å². The number of rotatable bonds is 3. The van der Waals surface area contributed by atoms with E-state index in [2.05, 4.69) is 9.97 Å². The van der Waals surface area contributed by atoms with Crippen molar-refractivity contribution in [2.24, 2.45) is 0 Å². The molecule has 2 aromatic carbocycles. The summed E-state index contributed by atoms with van der Waals surface area (Å²) in [7, 11) is -3.64. The number of imidazole rings is 1. The third-order valence-corrected chi connectivity index (χ3v) is 7.18. The van der Waals surface area contributed by atoms with Crippen LogP contribution in [0.4, 0.5) is 0 Å². The normalized spacial score (nSPS) is 16.3. The molecule has 1 aliphatic heterocycles. The predicted molar refractivity (Wildman–Crippen MR) is 98.8 cm³/mol. The summed E-state index contributed by atoms with van der Waals surface area (Å²) in [6.45, 7) is 2.51. The molecule has 3 aromatic rings. The SMILES string of the molecule is Cc1cc(S(=O)(=O)N2CC(c3nc4ccccc4[nH]3)C2)c(Cl)cc1Cl. The summed E-state index contributed by atoms with van der Waals surface area (Å²) in [6.07, 6.45) is 0. The summed E-state index contributed by atoms with van der Waals surface area (Å²) < 4.78 is 27.0. The molecule has 0 radical (unpaired) electrons. The average Bonchev–Trinajstić information content (AvgIpc) is 2.92. The maximum atomic E-state index is 12.8. The van der Waals surface area contributed by atoms with Crippen LogP contribution in [-0.2, 0) is 10.0 Å². The Kier molecular flexibility index (Phi) is 4.03. The summed E-state index contributed by atoms with van der Waals surface area (Å²) in [5, 5.41) is 0.593. The van der Waals surface area contributed by atoms with Crippen LogP contribution in [0, 0.1) is 6.92 Å². The second-order valence-electron chi connectivity index (χ2n) is 6.19. The molecule has 130 valence electrons. The maximum Gasteiger partial charge on any atom is 0.244 e. The van der Waals surface area contributed by atoms with E-state index in [-0.39, 0.29) is 15.8 Å². The lowest BCUT2D eigenvalue weighted by Gasteiger charge is -2.37. The lowest BCUT2D eigenvalue weighted by Crippen LogP contribution is -2.48. The van der Waals surface area contributed by atoms with Crippen LogP contribution in [-0.4, -0.2) is 35.8 Å². The van der Waals surface area contributed by atoms with Crippen molar-refractivity contribution in [3.8, 4) is 0 Å². The van der Waals surface area contributed by atoms with E-state index in [0.29, 0.717) is 23.7 Å². The van der Waals surface area contributed by atoms with Gasteiger partial charge in [-0.15, -0.1) is 0 Å². The van der Waals surface area contributed by atoms with Crippen LogP contribution in [0.3, 0.4) is 0 Å². The monoisotopic (exact) mass is 395 g/mol. The first-order valence-corrected chi connectivity index (χ1v) is 9.96. The van der Waals surface area contributed by atoms with Crippen molar-refractivity contribution in [3.63, 3.8) is 0 Å². The summed E-state index contributed by atoms with van der Waals surface area (Å²) in [6, 6.07) is 10.7. The summed E-state index contributed by atoms with van der Waals surface area (Å²) in [4.78, 5) is 7.90. The number of halogens is 2. The van der Waals surface area contributed by atoms with Crippen molar-refractivity contribution in [3.05, 3.63) is 57.8 Å².